The first-order valence-corrected chi connectivity index (χ1v) is 6.34. The van der Waals surface area contributed by atoms with Gasteiger partial charge in [-0.05, 0) is 26.0 Å². The minimum atomic E-state index is -4.21. The van der Waals surface area contributed by atoms with E-state index in [2.05, 4.69) is 10.6 Å². The highest BCUT2D eigenvalue weighted by Gasteiger charge is 2.28. The quantitative estimate of drug-likeness (QED) is 0.643. The van der Waals surface area contributed by atoms with Crippen molar-refractivity contribution in [1.29, 1.82) is 0 Å². The Morgan fingerprint density at radius 2 is 1.94 bits per heavy atom. The molecule has 1 aromatic rings. The number of sulfonamides is 1. The lowest BCUT2D eigenvalue weighted by molar-refractivity contribution is 0.523. The molecule has 18 heavy (non-hydrogen) atoms. The molecule has 0 fully saturated rings. The number of rotatable bonds is 3. The second kappa shape index (κ2) is 4.55. The number of anilines is 1. The van der Waals surface area contributed by atoms with Crippen LogP contribution in [0.3, 0.4) is 0 Å². The van der Waals surface area contributed by atoms with Crippen molar-refractivity contribution in [1.82, 2.24) is 4.72 Å². The average molecular weight is 274 g/mol. The highest BCUT2D eigenvalue weighted by atomic mass is 32.2. The number of nitrogens with one attached hydrogen (secondary N) is 1. The van der Waals surface area contributed by atoms with Crippen LogP contribution in [-0.4, -0.2) is 14.0 Å². The van der Waals surface area contributed by atoms with Gasteiger partial charge in [-0.25, -0.2) is 17.2 Å². The van der Waals surface area contributed by atoms with Gasteiger partial charge in [-0.2, -0.15) is 4.72 Å². The van der Waals surface area contributed by atoms with E-state index in [9.17, 15) is 17.2 Å². The van der Waals surface area contributed by atoms with Crippen LogP contribution in [0.4, 0.5) is 14.5 Å². The molecule has 98 valence electrons. The Hall–Kier alpha value is -1.65. The SMILES string of the molecule is C#CC(C)(C)NS(=O)(=O)c1ccc(F)c(N)c1F. The largest absolute Gasteiger partial charge is 0.394 e. The van der Waals surface area contributed by atoms with Crippen molar-refractivity contribution in [3.63, 3.8) is 0 Å². The summed E-state index contributed by atoms with van der Waals surface area (Å²) in [5, 5.41) is 0. The minimum absolute atomic E-state index is 0.746. The van der Waals surface area contributed by atoms with E-state index >= 15 is 0 Å². The molecule has 3 N–H and O–H groups in total. The molecule has 0 amide bonds. The summed E-state index contributed by atoms with van der Waals surface area (Å²) >= 11 is 0. The fourth-order valence-electron chi connectivity index (χ4n) is 1.18. The van der Waals surface area contributed by atoms with E-state index in [1.54, 1.807) is 0 Å². The molecule has 0 bridgehead atoms. The molecule has 1 rings (SSSR count). The van der Waals surface area contributed by atoms with E-state index in [4.69, 9.17) is 12.2 Å². The third kappa shape index (κ3) is 2.78. The summed E-state index contributed by atoms with van der Waals surface area (Å²) in [6.07, 6.45) is 5.13. The first-order chi connectivity index (χ1) is 8.10. The van der Waals surface area contributed by atoms with Gasteiger partial charge in [-0.1, -0.05) is 5.92 Å². The first kappa shape index (κ1) is 14.4. The van der Waals surface area contributed by atoms with Crippen LogP contribution < -0.4 is 10.5 Å². The normalized spacial score (nSPS) is 12.2. The van der Waals surface area contributed by atoms with Gasteiger partial charge in [0.25, 0.3) is 0 Å². The number of hydrogen-bond donors (Lipinski definition) is 2. The molecule has 0 aliphatic rings. The van der Waals surface area contributed by atoms with E-state index < -0.39 is 37.8 Å². The summed E-state index contributed by atoms with van der Waals surface area (Å²) in [7, 11) is -4.21. The van der Waals surface area contributed by atoms with Gasteiger partial charge in [-0.3, -0.25) is 0 Å². The van der Waals surface area contributed by atoms with Gasteiger partial charge in [0.15, 0.2) is 5.82 Å². The lowest BCUT2D eigenvalue weighted by Crippen LogP contribution is -2.42. The van der Waals surface area contributed by atoms with E-state index in [0.29, 0.717) is 0 Å². The second-order valence-corrected chi connectivity index (χ2v) is 5.80. The van der Waals surface area contributed by atoms with Crippen molar-refractivity contribution in [2.24, 2.45) is 0 Å². The number of nitrogen functional groups attached to an aromatic ring is 1. The molecule has 0 aromatic heterocycles. The Kier molecular flexibility index (Phi) is 3.64. The van der Waals surface area contributed by atoms with E-state index in [-0.39, 0.29) is 0 Å². The zero-order valence-corrected chi connectivity index (χ0v) is 10.6. The molecule has 0 aliphatic heterocycles. The van der Waals surface area contributed by atoms with Crippen molar-refractivity contribution < 1.29 is 17.2 Å². The van der Waals surface area contributed by atoms with Crippen molar-refractivity contribution in [2.45, 2.75) is 24.3 Å². The van der Waals surface area contributed by atoms with Crippen molar-refractivity contribution in [3.05, 3.63) is 23.8 Å². The summed E-state index contributed by atoms with van der Waals surface area (Å²) in [6.45, 7) is 2.85. The molecule has 0 saturated carbocycles. The Morgan fingerprint density at radius 3 is 2.44 bits per heavy atom. The average Bonchev–Trinajstić information content (AvgIpc) is 2.24. The van der Waals surface area contributed by atoms with Crippen LogP contribution in [0.25, 0.3) is 0 Å². The second-order valence-electron chi connectivity index (χ2n) is 4.15. The highest BCUT2D eigenvalue weighted by molar-refractivity contribution is 7.89. The fourth-order valence-corrected chi connectivity index (χ4v) is 2.61. The molecule has 0 aliphatic carbocycles. The number of terminal acetylenes is 1. The lowest BCUT2D eigenvalue weighted by atomic mass is 10.1. The van der Waals surface area contributed by atoms with Crippen LogP contribution in [-0.2, 0) is 10.0 Å². The maximum Gasteiger partial charge on any atom is 0.244 e. The summed E-state index contributed by atoms with van der Waals surface area (Å²) in [4.78, 5) is -0.746. The van der Waals surface area contributed by atoms with Gasteiger partial charge in [0.05, 0.1) is 5.54 Å². The summed E-state index contributed by atoms with van der Waals surface area (Å²) in [5.74, 6) is -0.168. The first-order valence-electron chi connectivity index (χ1n) is 4.86. The molecule has 0 radical (unpaired) electrons. The zero-order chi connectivity index (χ0) is 14.1. The molecule has 0 unspecified atom stereocenters. The van der Waals surface area contributed by atoms with Gasteiger partial charge >= 0.3 is 0 Å². The van der Waals surface area contributed by atoms with Crippen molar-refractivity contribution >= 4 is 15.7 Å². The molecule has 0 saturated heterocycles. The molecular formula is C11H12F2N2O2S. The molecule has 0 heterocycles. The van der Waals surface area contributed by atoms with Gasteiger partial charge < -0.3 is 5.73 Å². The van der Waals surface area contributed by atoms with Crippen molar-refractivity contribution in [3.8, 4) is 12.3 Å². The van der Waals surface area contributed by atoms with Gasteiger partial charge in [0, 0.05) is 0 Å². The van der Waals surface area contributed by atoms with Crippen LogP contribution >= 0.6 is 0 Å². The van der Waals surface area contributed by atoms with Gasteiger partial charge in [0.2, 0.25) is 10.0 Å². The minimum Gasteiger partial charge on any atom is -0.394 e. The fraction of sp³-hybridized carbons (Fsp3) is 0.273. The lowest BCUT2D eigenvalue weighted by Gasteiger charge is -2.19. The topological polar surface area (TPSA) is 72.2 Å². The standard InChI is InChI=1S/C11H12F2N2O2S/c1-4-11(2,3)15-18(16,17)8-6-5-7(12)10(14)9(8)13/h1,5-6,15H,14H2,2-3H3. The molecule has 7 heteroatoms. The molecule has 1 aromatic carbocycles. The molecule has 4 nitrogen and oxygen atoms in total. The number of nitrogens with two attached hydrogens (primary N) is 1. The summed E-state index contributed by atoms with van der Waals surface area (Å²) < 4.78 is 52.4. The Morgan fingerprint density at radius 1 is 1.39 bits per heavy atom. The van der Waals surface area contributed by atoms with Gasteiger partial charge in [0.1, 0.15) is 16.4 Å². The maximum absolute atomic E-state index is 13.6. The summed E-state index contributed by atoms with van der Waals surface area (Å²) in [6, 6.07) is 1.56. The monoisotopic (exact) mass is 274 g/mol. The summed E-state index contributed by atoms with van der Waals surface area (Å²) in [5.41, 5.74) is 3.04. The third-order valence-electron chi connectivity index (χ3n) is 2.13. The van der Waals surface area contributed by atoms with E-state index in [1.165, 1.54) is 13.8 Å². The van der Waals surface area contributed by atoms with Crippen LogP contribution in [0.15, 0.2) is 17.0 Å². The Balaban J connectivity index is 3.32. The smallest absolute Gasteiger partial charge is 0.244 e. The van der Waals surface area contributed by atoms with Crippen LogP contribution in [0.1, 0.15) is 13.8 Å². The molecule has 0 atom stereocenters. The zero-order valence-electron chi connectivity index (χ0n) is 9.79. The number of hydrogen-bond acceptors (Lipinski definition) is 3. The van der Waals surface area contributed by atoms with Crippen LogP contribution in [0, 0.1) is 24.0 Å². The third-order valence-corrected chi connectivity index (χ3v) is 3.80. The van der Waals surface area contributed by atoms with Crippen LogP contribution in [0.5, 0.6) is 0 Å². The number of benzene rings is 1. The predicted octanol–water partition coefficient (Wildman–Crippen LogP) is 1.24. The molecule has 0 spiro atoms. The maximum atomic E-state index is 13.6. The van der Waals surface area contributed by atoms with E-state index in [0.717, 1.165) is 12.1 Å². The van der Waals surface area contributed by atoms with E-state index in [1.807, 2.05) is 0 Å². The Bertz CT molecular complexity index is 619. The Labute approximate surface area is 104 Å². The van der Waals surface area contributed by atoms with Gasteiger partial charge in [-0.15, -0.1) is 6.42 Å². The number of halogens is 2. The predicted molar refractivity (Wildman–Crippen MR) is 64.0 cm³/mol. The molecular weight excluding hydrogens is 262 g/mol. The highest BCUT2D eigenvalue weighted by Crippen LogP contribution is 2.23. The van der Waals surface area contributed by atoms with Crippen LogP contribution in [0.2, 0.25) is 0 Å². The van der Waals surface area contributed by atoms with Crippen molar-refractivity contribution in [2.75, 3.05) is 5.73 Å².